The van der Waals surface area contributed by atoms with E-state index in [1.807, 2.05) is 43.3 Å². The van der Waals surface area contributed by atoms with Gasteiger partial charge in [0.2, 0.25) is 5.91 Å². The molecule has 142 valence electrons. The molecule has 0 saturated heterocycles. The van der Waals surface area contributed by atoms with Crippen LogP contribution in [0.4, 0.5) is 0 Å². The second-order valence-corrected chi connectivity index (χ2v) is 6.67. The Morgan fingerprint density at radius 3 is 2.19 bits per heavy atom. The summed E-state index contributed by atoms with van der Waals surface area (Å²) in [5.41, 5.74) is 2.05. The lowest BCUT2D eigenvalue weighted by atomic mass is 10.1. The first-order valence-corrected chi connectivity index (χ1v) is 9.26. The average Bonchev–Trinajstić information content (AvgIpc) is 2.71. The maximum absolute atomic E-state index is 12.4. The molecule has 4 rings (SSSR count). The number of hydrogen-bond donors (Lipinski definition) is 1. The SMILES string of the molecule is C[C@H](NC(=O)CCc1ccc2c(c1)OCCO2)c1ccc2c(c1)OCCO2. The Morgan fingerprint density at radius 1 is 0.889 bits per heavy atom. The Morgan fingerprint density at radius 2 is 1.48 bits per heavy atom. The van der Waals surface area contributed by atoms with Crippen molar-refractivity contribution < 1.29 is 23.7 Å². The van der Waals surface area contributed by atoms with Crippen LogP contribution < -0.4 is 24.3 Å². The number of carbonyl (C=O) groups excluding carboxylic acids is 1. The maximum Gasteiger partial charge on any atom is 0.220 e. The van der Waals surface area contributed by atoms with Gasteiger partial charge in [-0.1, -0.05) is 12.1 Å². The molecule has 0 aromatic heterocycles. The molecule has 2 aromatic rings. The first-order valence-electron chi connectivity index (χ1n) is 9.26. The van der Waals surface area contributed by atoms with Crippen LogP contribution in [0.25, 0.3) is 0 Å². The minimum atomic E-state index is -0.103. The third-order valence-electron chi connectivity index (χ3n) is 4.69. The zero-order chi connectivity index (χ0) is 18.6. The van der Waals surface area contributed by atoms with Crippen LogP contribution in [0.1, 0.15) is 30.5 Å². The van der Waals surface area contributed by atoms with Crippen LogP contribution in [0.3, 0.4) is 0 Å². The van der Waals surface area contributed by atoms with Gasteiger partial charge in [-0.15, -0.1) is 0 Å². The van der Waals surface area contributed by atoms with Crippen molar-refractivity contribution in [1.29, 1.82) is 0 Å². The van der Waals surface area contributed by atoms with Crippen LogP contribution in [-0.2, 0) is 11.2 Å². The fraction of sp³-hybridized carbons (Fsp3) is 0.381. The molecule has 27 heavy (non-hydrogen) atoms. The highest BCUT2D eigenvalue weighted by Gasteiger charge is 2.16. The largest absolute Gasteiger partial charge is 0.486 e. The van der Waals surface area contributed by atoms with Crippen LogP contribution >= 0.6 is 0 Å². The third-order valence-corrected chi connectivity index (χ3v) is 4.69. The summed E-state index contributed by atoms with van der Waals surface area (Å²) in [4.78, 5) is 12.4. The minimum absolute atomic E-state index is 0.00674. The van der Waals surface area contributed by atoms with Crippen LogP contribution in [0.15, 0.2) is 36.4 Å². The van der Waals surface area contributed by atoms with Gasteiger partial charge in [0.05, 0.1) is 6.04 Å². The van der Waals surface area contributed by atoms with Gasteiger partial charge in [-0.2, -0.15) is 0 Å². The van der Waals surface area contributed by atoms with E-state index in [0.717, 1.165) is 34.1 Å². The molecular weight excluding hydrogens is 346 g/mol. The molecule has 6 heteroatoms. The number of nitrogens with one attached hydrogen (secondary N) is 1. The van der Waals surface area contributed by atoms with Crippen molar-refractivity contribution in [3.63, 3.8) is 0 Å². The number of benzene rings is 2. The fourth-order valence-corrected chi connectivity index (χ4v) is 3.23. The number of hydrogen-bond acceptors (Lipinski definition) is 5. The smallest absolute Gasteiger partial charge is 0.220 e. The molecular formula is C21H23NO5. The third kappa shape index (κ3) is 4.10. The number of ether oxygens (including phenoxy) is 4. The molecule has 1 amide bonds. The second-order valence-electron chi connectivity index (χ2n) is 6.67. The molecule has 0 aliphatic carbocycles. The molecule has 2 aliphatic rings. The van der Waals surface area contributed by atoms with E-state index in [2.05, 4.69) is 5.32 Å². The standard InChI is InChI=1S/C21H23NO5/c1-14(16-4-6-18-20(13-16)27-11-9-25-18)22-21(23)7-3-15-2-5-17-19(12-15)26-10-8-24-17/h2,4-6,12-14H,3,7-11H2,1H3,(H,22,23)/t14-/m0/s1. The molecule has 6 nitrogen and oxygen atoms in total. The normalized spacial score (nSPS) is 15.7. The van der Waals surface area contributed by atoms with E-state index >= 15 is 0 Å². The van der Waals surface area contributed by atoms with Gasteiger partial charge >= 0.3 is 0 Å². The summed E-state index contributed by atoms with van der Waals surface area (Å²) in [6, 6.07) is 11.5. The van der Waals surface area contributed by atoms with Crippen LogP contribution in [0.2, 0.25) is 0 Å². The fourth-order valence-electron chi connectivity index (χ4n) is 3.23. The summed E-state index contributed by atoms with van der Waals surface area (Å²) in [7, 11) is 0. The number of aryl methyl sites for hydroxylation is 1. The molecule has 0 unspecified atom stereocenters. The lowest BCUT2D eigenvalue weighted by Crippen LogP contribution is -2.27. The molecule has 2 aliphatic heterocycles. The Bertz CT molecular complexity index is 835. The summed E-state index contributed by atoms with van der Waals surface area (Å²) in [5, 5.41) is 3.04. The number of rotatable bonds is 5. The Labute approximate surface area is 158 Å². The van der Waals surface area contributed by atoms with E-state index in [-0.39, 0.29) is 11.9 Å². The predicted molar refractivity (Wildman–Crippen MR) is 99.7 cm³/mol. The molecule has 0 spiro atoms. The summed E-state index contributed by atoms with van der Waals surface area (Å²) in [6.07, 6.45) is 1.06. The van der Waals surface area contributed by atoms with Crippen molar-refractivity contribution >= 4 is 5.91 Å². The number of amides is 1. The second kappa shape index (κ2) is 7.78. The summed E-state index contributed by atoms with van der Waals surface area (Å²) >= 11 is 0. The quantitative estimate of drug-likeness (QED) is 0.878. The summed E-state index contributed by atoms with van der Waals surface area (Å²) in [5.74, 6) is 3.01. The van der Waals surface area contributed by atoms with Crippen molar-refractivity contribution in [2.75, 3.05) is 26.4 Å². The highest BCUT2D eigenvalue weighted by Crippen LogP contribution is 2.33. The highest BCUT2D eigenvalue weighted by atomic mass is 16.6. The van der Waals surface area contributed by atoms with E-state index in [9.17, 15) is 4.79 Å². The monoisotopic (exact) mass is 369 g/mol. The van der Waals surface area contributed by atoms with E-state index in [1.54, 1.807) is 0 Å². The van der Waals surface area contributed by atoms with E-state index in [1.165, 1.54) is 0 Å². The lowest BCUT2D eigenvalue weighted by Gasteiger charge is -2.21. The minimum Gasteiger partial charge on any atom is -0.486 e. The molecule has 1 N–H and O–H groups in total. The molecule has 0 fully saturated rings. The first kappa shape index (κ1) is 17.5. The molecule has 2 aromatic carbocycles. The van der Waals surface area contributed by atoms with Gasteiger partial charge in [0.15, 0.2) is 23.0 Å². The molecule has 0 saturated carbocycles. The number of carbonyl (C=O) groups is 1. The van der Waals surface area contributed by atoms with Crippen molar-refractivity contribution in [3.05, 3.63) is 47.5 Å². The van der Waals surface area contributed by atoms with Gasteiger partial charge in [0.1, 0.15) is 26.4 Å². The molecule has 0 radical (unpaired) electrons. The van der Waals surface area contributed by atoms with Crippen molar-refractivity contribution in [3.8, 4) is 23.0 Å². The molecule has 1 atom stereocenters. The molecule has 0 bridgehead atoms. The number of fused-ring (bicyclic) bond motifs is 2. The maximum atomic E-state index is 12.4. The van der Waals surface area contributed by atoms with Gasteiger partial charge < -0.3 is 24.3 Å². The zero-order valence-electron chi connectivity index (χ0n) is 15.3. The van der Waals surface area contributed by atoms with E-state index in [4.69, 9.17) is 18.9 Å². The predicted octanol–water partition coefficient (Wildman–Crippen LogP) is 3.04. The Hall–Kier alpha value is -2.89. The topological polar surface area (TPSA) is 66.0 Å². The summed E-state index contributed by atoms with van der Waals surface area (Å²) < 4.78 is 22.3. The van der Waals surface area contributed by atoms with Gasteiger partial charge in [0.25, 0.3) is 0 Å². The zero-order valence-corrected chi connectivity index (χ0v) is 15.3. The van der Waals surface area contributed by atoms with Crippen LogP contribution in [0, 0.1) is 0 Å². The molecule has 2 heterocycles. The Kier molecular flexibility index (Phi) is 5.05. The Balaban J connectivity index is 1.32. The summed E-state index contributed by atoms with van der Waals surface area (Å²) in [6.45, 7) is 4.22. The van der Waals surface area contributed by atoms with E-state index in [0.29, 0.717) is 39.3 Å². The van der Waals surface area contributed by atoms with Crippen LogP contribution in [0.5, 0.6) is 23.0 Å². The lowest BCUT2D eigenvalue weighted by molar-refractivity contribution is -0.121. The van der Waals surface area contributed by atoms with Gasteiger partial charge in [-0.3, -0.25) is 4.79 Å². The first-order chi connectivity index (χ1) is 13.2. The van der Waals surface area contributed by atoms with Gasteiger partial charge in [-0.05, 0) is 48.7 Å². The average molecular weight is 369 g/mol. The highest BCUT2D eigenvalue weighted by molar-refractivity contribution is 5.76. The van der Waals surface area contributed by atoms with Gasteiger partial charge in [-0.25, -0.2) is 0 Å². The van der Waals surface area contributed by atoms with Gasteiger partial charge in [0, 0.05) is 6.42 Å². The van der Waals surface area contributed by atoms with E-state index < -0.39 is 0 Å². The van der Waals surface area contributed by atoms with Crippen molar-refractivity contribution in [2.45, 2.75) is 25.8 Å². The van der Waals surface area contributed by atoms with Crippen molar-refractivity contribution in [2.24, 2.45) is 0 Å². The van der Waals surface area contributed by atoms with Crippen LogP contribution in [-0.4, -0.2) is 32.3 Å². The van der Waals surface area contributed by atoms with Crippen molar-refractivity contribution in [1.82, 2.24) is 5.32 Å².